The maximum Gasteiger partial charge on any atom is 0.250 e. The highest BCUT2D eigenvalue weighted by atomic mass is 19.2. The maximum atomic E-state index is 13.8. The van der Waals surface area contributed by atoms with Crippen molar-refractivity contribution in [1.29, 1.82) is 0 Å². The van der Waals surface area contributed by atoms with Gasteiger partial charge in [-0.05, 0) is 25.5 Å². The molecular weight excluding hydrogens is 273 g/mol. The molecule has 0 saturated carbocycles. The second-order valence-electron chi connectivity index (χ2n) is 4.56. The van der Waals surface area contributed by atoms with E-state index in [9.17, 15) is 22.8 Å². The predicted octanol–water partition coefficient (Wildman–Crippen LogP) is 1.73. The van der Waals surface area contributed by atoms with Crippen molar-refractivity contribution >= 4 is 17.5 Å². The average Bonchev–Trinajstić information content (AvgIpc) is 2.41. The second-order valence-corrected chi connectivity index (χ2v) is 4.56. The van der Waals surface area contributed by atoms with Gasteiger partial charge in [0, 0.05) is 0 Å². The van der Waals surface area contributed by atoms with Gasteiger partial charge in [0.05, 0.1) is 5.69 Å². The average molecular weight is 286 g/mol. The molecule has 1 aliphatic rings. The summed E-state index contributed by atoms with van der Waals surface area (Å²) in [6.07, 6.45) is 0.225. The monoisotopic (exact) mass is 286 g/mol. The second kappa shape index (κ2) is 5.15. The first-order valence-electron chi connectivity index (χ1n) is 6.15. The van der Waals surface area contributed by atoms with Gasteiger partial charge >= 0.3 is 0 Å². The molecule has 1 aliphatic heterocycles. The van der Waals surface area contributed by atoms with Crippen molar-refractivity contribution in [3.8, 4) is 0 Å². The molecule has 2 amide bonds. The largest absolute Gasteiger partial charge is 0.343 e. The number of carbonyl (C=O) groups excluding carboxylic acids is 2. The van der Waals surface area contributed by atoms with Crippen LogP contribution in [-0.4, -0.2) is 23.9 Å². The third-order valence-electron chi connectivity index (χ3n) is 3.24. The number of hydrogen-bond acceptors (Lipinski definition) is 2. The van der Waals surface area contributed by atoms with E-state index in [1.54, 1.807) is 6.92 Å². The molecule has 1 fully saturated rings. The van der Waals surface area contributed by atoms with Gasteiger partial charge in [-0.2, -0.15) is 0 Å². The minimum absolute atomic E-state index is 0.225. The lowest BCUT2D eigenvalue weighted by Gasteiger charge is -2.37. The quantitative estimate of drug-likeness (QED) is 0.842. The molecule has 0 aromatic heterocycles. The van der Waals surface area contributed by atoms with E-state index >= 15 is 0 Å². The number of rotatable bonds is 2. The van der Waals surface area contributed by atoms with Crippen molar-refractivity contribution in [3.05, 3.63) is 29.6 Å². The van der Waals surface area contributed by atoms with Crippen LogP contribution in [0, 0.1) is 17.5 Å². The molecule has 1 heterocycles. The standard InChI is InChI=1S/C13H13F3N2O2/c1-3-8-12(19)17-6(2)13(20)18(8)9-5-4-7(14)10(15)11(9)16/h4-6,8H,3H2,1-2H3,(H,17,19). The summed E-state index contributed by atoms with van der Waals surface area (Å²) in [5.74, 6) is -5.51. The molecular formula is C13H13F3N2O2. The number of anilines is 1. The third-order valence-corrected chi connectivity index (χ3v) is 3.24. The Morgan fingerprint density at radius 3 is 2.45 bits per heavy atom. The Bertz CT molecular complexity index is 577. The number of amides is 2. The molecule has 2 unspecified atom stereocenters. The molecule has 1 aromatic carbocycles. The van der Waals surface area contributed by atoms with Crippen LogP contribution in [0.1, 0.15) is 20.3 Å². The fraction of sp³-hybridized carbons (Fsp3) is 0.385. The van der Waals surface area contributed by atoms with Gasteiger partial charge in [0.2, 0.25) is 11.8 Å². The Balaban J connectivity index is 2.55. The van der Waals surface area contributed by atoms with Gasteiger partial charge in [0.25, 0.3) is 0 Å². The summed E-state index contributed by atoms with van der Waals surface area (Å²) in [6.45, 7) is 3.08. The molecule has 0 spiro atoms. The number of carbonyl (C=O) groups is 2. The van der Waals surface area contributed by atoms with Crippen molar-refractivity contribution in [2.24, 2.45) is 0 Å². The third kappa shape index (κ3) is 2.13. The van der Waals surface area contributed by atoms with Gasteiger partial charge < -0.3 is 5.32 Å². The number of nitrogens with one attached hydrogen (secondary N) is 1. The molecule has 2 atom stereocenters. The van der Waals surface area contributed by atoms with Crippen molar-refractivity contribution < 1.29 is 22.8 Å². The molecule has 0 radical (unpaired) electrons. The van der Waals surface area contributed by atoms with Crippen LogP contribution in [-0.2, 0) is 9.59 Å². The predicted molar refractivity (Wildman–Crippen MR) is 65.5 cm³/mol. The SMILES string of the molecule is CCC1C(=O)NC(C)C(=O)N1c1ccc(F)c(F)c1F. The van der Waals surface area contributed by atoms with E-state index in [0.29, 0.717) is 0 Å². The fourth-order valence-corrected chi connectivity index (χ4v) is 2.21. The highest BCUT2D eigenvalue weighted by Crippen LogP contribution is 2.28. The summed E-state index contributed by atoms with van der Waals surface area (Å²) in [5, 5.41) is 2.45. The van der Waals surface area contributed by atoms with Crippen LogP contribution in [0.3, 0.4) is 0 Å². The van der Waals surface area contributed by atoms with Crippen LogP contribution in [0.5, 0.6) is 0 Å². The van der Waals surface area contributed by atoms with Crippen molar-refractivity contribution in [2.75, 3.05) is 4.90 Å². The topological polar surface area (TPSA) is 49.4 Å². The van der Waals surface area contributed by atoms with E-state index in [1.807, 2.05) is 0 Å². The Kier molecular flexibility index (Phi) is 3.69. The molecule has 1 saturated heterocycles. The zero-order chi connectivity index (χ0) is 15.0. The fourth-order valence-electron chi connectivity index (χ4n) is 2.21. The van der Waals surface area contributed by atoms with Gasteiger partial charge in [0.1, 0.15) is 12.1 Å². The summed E-state index contributed by atoms with van der Waals surface area (Å²) < 4.78 is 40.1. The molecule has 1 aromatic rings. The first-order chi connectivity index (χ1) is 9.38. The summed E-state index contributed by atoms with van der Waals surface area (Å²) in [4.78, 5) is 24.8. The van der Waals surface area contributed by atoms with Gasteiger partial charge in [-0.3, -0.25) is 14.5 Å². The van der Waals surface area contributed by atoms with Crippen LogP contribution < -0.4 is 10.2 Å². The molecule has 1 N–H and O–H groups in total. The number of nitrogens with zero attached hydrogens (tertiary/aromatic N) is 1. The highest BCUT2D eigenvalue weighted by molar-refractivity contribution is 6.08. The summed E-state index contributed by atoms with van der Waals surface area (Å²) >= 11 is 0. The maximum absolute atomic E-state index is 13.8. The number of hydrogen-bond donors (Lipinski definition) is 1. The molecule has 4 nitrogen and oxygen atoms in total. The van der Waals surface area contributed by atoms with Crippen LogP contribution in [0.15, 0.2) is 12.1 Å². The highest BCUT2D eigenvalue weighted by Gasteiger charge is 2.40. The molecule has 7 heteroatoms. The lowest BCUT2D eigenvalue weighted by atomic mass is 10.0. The summed E-state index contributed by atoms with van der Waals surface area (Å²) in [5.41, 5.74) is -0.428. The lowest BCUT2D eigenvalue weighted by molar-refractivity contribution is -0.133. The molecule has 0 bridgehead atoms. The zero-order valence-corrected chi connectivity index (χ0v) is 10.9. The van der Waals surface area contributed by atoms with E-state index in [4.69, 9.17) is 0 Å². The first kappa shape index (κ1) is 14.4. The lowest BCUT2D eigenvalue weighted by Crippen LogP contribution is -2.62. The van der Waals surface area contributed by atoms with Gasteiger partial charge in [-0.1, -0.05) is 6.92 Å². The molecule has 2 rings (SSSR count). The Morgan fingerprint density at radius 1 is 1.20 bits per heavy atom. The van der Waals surface area contributed by atoms with Gasteiger partial charge in [-0.25, -0.2) is 13.2 Å². The van der Waals surface area contributed by atoms with Gasteiger partial charge in [0.15, 0.2) is 17.5 Å². The number of piperazine rings is 1. The number of halogens is 3. The van der Waals surface area contributed by atoms with Crippen molar-refractivity contribution in [3.63, 3.8) is 0 Å². The normalized spacial score (nSPS) is 22.9. The Hall–Kier alpha value is -2.05. The van der Waals surface area contributed by atoms with Crippen LogP contribution in [0.25, 0.3) is 0 Å². The molecule has 0 aliphatic carbocycles. The zero-order valence-electron chi connectivity index (χ0n) is 10.9. The molecule has 20 heavy (non-hydrogen) atoms. The Labute approximate surface area is 113 Å². The van der Waals surface area contributed by atoms with Crippen LogP contribution in [0.2, 0.25) is 0 Å². The minimum atomic E-state index is -1.66. The van der Waals surface area contributed by atoms with E-state index in [-0.39, 0.29) is 6.42 Å². The van der Waals surface area contributed by atoms with Crippen LogP contribution in [0.4, 0.5) is 18.9 Å². The van der Waals surface area contributed by atoms with E-state index in [0.717, 1.165) is 17.0 Å². The van der Waals surface area contributed by atoms with Crippen molar-refractivity contribution in [1.82, 2.24) is 5.32 Å². The molecule has 108 valence electrons. The van der Waals surface area contributed by atoms with E-state index < -0.39 is 47.0 Å². The smallest absolute Gasteiger partial charge is 0.250 e. The minimum Gasteiger partial charge on any atom is -0.343 e. The van der Waals surface area contributed by atoms with Gasteiger partial charge in [-0.15, -0.1) is 0 Å². The van der Waals surface area contributed by atoms with Crippen molar-refractivity contribution in [2.45, 2.75) is 32.4 Å². The van der Waals surface area contributed by atoms with Crippen LogP contribution >= 0.6 is 0 Å². The number of benzene rings is 1. The first-order valence-corrected chi connectivity index (χ1v) is 6.15. The summed E-state index contributed by atoms with van der Waals surface area (Å²) in [7, 11) is 0. The van der Waals surface area contributed by atoms with E-state index in [2.05, 4.69) is 5.32 Å². The Morgan fingerprint density at radius 2 is 1.85 bits per heavy atom. The van der Waals surface area contributed by atoms with E-state index in [1.165, 1.54) is 6.92 Å². The summed E-state index contributed by atoms with van der Waals surface area (Å²) in [6, 6.07) is -0.110.